The molecular weight excluding hydrogens is 436 g/mol. The number of hydrogen-bond donors (Lipinski definition) is 3. The fraction of sp³-hybridized carbons (Fsp3) is 0.150. The number of aliphatic imine (C=N–C) groups is 1. The fourth-order valence-electron chi connectivity index (χ4n) is 3.38. The molecule has 0 spiro atoms. The van der Waals surface area contributed by atoms with Gasteiger partial charge in [0, 0.05) is 25.0 Å². The average Bonchev–Trinajstić information content (AvgIpc) is 3.47. The molecule has 1 aromatic carbocycles. The minimum Gasteiger partial charge on any atom is -0.423 e. The summed E-state index contributed by atoms with van der Waals surface area (Å²) in [4.78, 5) is 22.1. The predicted molar refractivity (Wildman–Crippen MR) is 117 cm³/mol. The first-order valence-corrected chi connectivity index (χ1v) is 9.94. The van der Waals surface area contributed by atoms with Crippen molar-refractivity contribution in [3.63, 3.8) is 0 Å². The number of oxazole rings is 1. The number of benzene rings is 1. The first-order chi connectivity index (χ1) is 15.5. The second-order valence-corrected chi connectivity index (χ2v) is 7.44. The third-order valence-electron chi connectivity index (χ3n) is 4.75. The number of carbonyl (C=O) groups excluding carboxylic acids is 1. The molecule has 0 fully saturated rings. The van der Waals surface area contributed by atoms with Crippen molar-refractivity contribution in [1.82, 2.24) is 25.2 Å². The van der Waals surface area contributed by atoms with Gasteiger partial charge in [-0.25, -0.2) is 4.99 Å². The number of para-hydroxylation sites is 2. The molecule has 0 saturated carbocycles. The number of nitrogens with zero attached hydrogens (tertiary/aromatic N) is 5. The zero-order valence-electron chi connectivity index (χ0n) is 17.0. The lowest BCUT2D eigenvalue weighted by molar-refractivity contribution is -0.113. The quantitative estimate of drug-likeness (QED) is 0.429. The van der Waals surface area contributed by atoms with Gasteiger partial charge in [-0.3, -0.25) is 14.8 Å². The van der Waals surface area contributed by atoms with Crippen LogP contribution in [0.4, 0.5) is 11.8 Å². The van der Waals surface area contributed by atoms with Gasteiger partial charge in [0.05, 0.1) is 10.6 Å². The van der Waals surface area contributed by atoms with Gasteiger partial charge in [0.2, 0.25) is 5.96 Å². The molecule has 4 heterocycles. The van der Waals surface area contributed by atoms with Crippen molar-refractivity contribution in [2.24, 2.45) is 12.0 Å². The van der Waals surface area contributed by atoms with E-state index in [9.17, 15) is 4.79 Å². The molecule has 3 N–H and O–H groups in total. The molecule has 0 saturated heterocycles. The Balaban J connectivity index is 1.50. The molecule has 1 aliphatic heterocycles. The highest BCUT2D eigenvalue weighted by molar-refractivity contribution is 6.31. The number of carbonyl (C=O) groups is 1. The molecule has 1 aliphatic rings. The molecule has 0 radical (unpaired) electrons. The van der Waals surface area contributed by atoms with E-state index in [-0.39, 0.29) is 11.8 Å². The van der Waals surface area contributed by atoms with Crippen LogP contribution in [0.3, 0.4) is 0 Å². The van der Waals surface area contributed by atoms with E-state index in [4.69, 9.17) is 20.5 Å². The molecule has 0 aliphatic carbocycles. The molecule has 0 bridgehead atoms. The topological polar surface area (TPSA) is 135 Å². The van der Waals surface area contributed by atoms with Crippen molar-refractivity contribution < 1.29 is 13.7 Å². The first-order valence-electron chi connectivity index (χ1n) is 9.57. The Bertz CT molecular complexity index is 1340. The summed E-state index contributed by atoms with van der Waals surface area (Å²) in [5.74, 6) is 0.194. The Kier molecular flexibility index (Phi) is 4.86. The number of anilines is 2. The van der Waals surface area contributed by atoms with Crippen LogP contribution in [-0.4, -0.2) is 31.8 Å². The van der Waals surface area contributed by atoms with Crippen LogP contribution < -0.4 is 16.0 Å². The van der Waals surface area contributed by atoms with E-state index in [1.54, 1.807) is 24.9 Å². The lowest BCUT2D eigenvalue weighted by Crippen LogP contribution is -2.37. The van der Waals surface area contributed by atoms with Crippen LogP contribution in [-0.2, 0) is 11.8 Å². The van der Waals surface area contributed by atoms with Gasteiger partial charge >= 0.3 is 6.01 Å². The average molecular weight is 453 g/mol. The number of amides is 1. The maximum Gasteiger partial charge on any atom is 0.302 e. The molecule has 3 aromatic heterocycles. The Morgan fingerprint density at radius 1 is 1.28 bits per heavy atom. The molecule has 11 nitrogen and oxygen atoms in total. The Labute approximate surface area is 186 Å². The van der Waals surface area contributed by atoms with E-state index >= 15 is 0 Å². The van der Waals surface area contributed by atoms with Crippen molar-refractivity contribution in [3.8, 4) is 0 Å². The summed E-state index contributed by atoms with van der Waals surface area (Å²) in [7, 11) is 1.74. The monoisotopic (exact) mass is 452 g/mol. The van der Waals surface area contributed by atoms with E-state index in [1.165, 1.54) is 12.3 Å². The van der Waals surface area contributed by atoms with Crippen molar-refractivity contribution in [1.29, 1.82) is 0 Å². The van der Waals surface area contributed by atoms with Gasteiger partial charge in [0.1, 0.15) is 23.5 Å². The zero-order chi connectivity index (χ0) is 22.2. The fourth-order valence-corrected chi connectivity index (χ4v) is 3.66. The van der Waals surface area contributed by atoms with Gasteiger partial charge in [-0.2, -0.15) is 10.1 Å². The van der Waals surface area contributed by atoms with Gasteiger partial charge < -0.3 is 19.6 Å². The number of nitrogens with one attached hydrogen (secondary N) is 3. The molecule has 4 aromatic rings. The zero-order valence-corrected chi connectivity index (χ0v) is 17.7. The van der Waals surface area contributed by atoms with Crippen molar-refractivity contribution in [2.45, 2.75) is 13.0 Å². The second kappa shape index (κ2) is 7.85. The van der Waals surface area contributed by atoms with Crippen LogP contribution in [0.15, 0.2) is 68.0 Å². The number of guanidine groups is 1. The third-order valence-corrected chi connectivity index (χ3v) is 5.05. The summed E-state index contributed by atoms with van der Waals surface area (Å²) in [5, 5.41) is 17.3. The van der Waals surface area contributed by atoms with Gasteiger partial charge in [-0.15, -0.1) is 0 Å². The minimum absolute atomic E-state index is 0.256. The van der Waals surface area contributed by atoms with Crippen molar-refractivity contribution in [2.75, 3.05) is 10.6 Å². The van der Waals surface area contributed by atoms with Gasteiger partial charge in [-0.05, 0) is 19.1 Å². The van der Waals surface area contributed by atoms with Crippen LogP contribution in [0.5, 0.6) is 0 Å². The van der Waals surface area contributed by atoms with E-state index < -0.39 is 11.9 Å². The smallest absolute Gasteiger partial charge is 0.302 e. The van der Waals surface area contributed by atoms with E-state index in [0.29, 0.717) is 39.0 Å². The number of halogens is 1. The molecule has 12 heteroatoms. The maximum absolute atomic E-state index is 13.1. The summed E-state index contributed by atoms with van der Waals surface area (Å²) in [6, 6.07) is 8.40. The van der Waals surface area contributed by atoms with Crippen molar-refractivity contribution in [3.05, 3.63) is 64.8 Å². The standard InChI is InChI=1S/C20H17ClN8O3/c1-10-15(18(30)24-14-7-8-31-28-14)17(16-11(21)9-29(2)27-16)25-19(22-10)26-20-23-12-5-3-4-6-13(12)32-20/h3-9,17H,1-2H3,(H,24,28,30)(H2,22,23,25,26). The second-order valence-electron chi connectivity index (χ2n) is 7.03. The Morgan fingerprint density at radius 2 is 2.12 bits per heavy atom. The molecular formula is C20H17ClN8O3. The number of fused-ring (bicyclic) bond motifs is 1. The summed E-state index contributed by atoms with van der Waals surface area (Å²) in [6.45, 7) is 1.75. The van der Waals surface area contributed by atoms with Gasteiger partial charge in [0.25, 0.3) is 5.91 Å². The highest BCUT2D eigenvalue weighted by atomic mass is 35.5. The minimum atomic E-state index is -0.788. The maximum atomic E-state index is 13.1. The lowest BCUT2D eigenvalue weighted by atomic mass is 10.00. The lowest BCUT2D eigenvalue weighted by Gasteiger charge is -2.25. The van der Waals surface area contributed by atoms with Crippen LogP contribution in [0.1, 0.15) is 18.7 Å². The summed E-state index contributed by atoms with van der Waals surface area (Å²) < 4.78 is 12.1. The number of rotatable bonds is 4. The number of allylic oxidation sites excluding steroid dienone is 1. The summed E-state index contributed by atoms with van der Waals surface area (Å²) >= 11 is 6.39. The van der Waals surface area contributed by atoms with Crippen LogP contribution in [0.25, 0.3) is 11.1 Å². The number of aryl methyl sites for hydroxylation is 1. The SMILES string of the molecule is CC1=C(C(=O)Nc2ccon2)C(c2nn(C)cc2Cl)N=C(Nc2nc3ccccc3o2)N1. The summed E-state index contributed by atoms with van der Waals surface area (Å²) in [5.41, 5.74) is 2.64. The first kappa shape index (κ1) is 19.8. The number of hydrogen-bond acceptors (Lipinski definition) is 9. The van der Waals surface area contributed by atoms with E-state index in [2.05, 4.69) is 36.2 Å². The highest BCUT2D eigenvalue weighted by Gasteiger charge is 2.33. The largest absolute Gasteiger partial charge is 0.423 e. The van der Waals surface area contributed by atoms with Crippen LogP contribution in [0, 0.1) is 0 Å². The predicted octanol–water partition coefficient (Wildman–Crippen LogP) is 3.23. The number of aromatic nitrogens is 4. The molecule has 1 atom stereocenters. The molecule has 162 valence electrons. The molecule has 32 heavy (non-hydrogen) atoms. The van der Waals surface area contributed by atoms with Gasteiger partial charge in [0.15, 0.2) is 11.4 Å². The van der Waals surface area contributed by atoms with E-state index in [0.717, 1.165) is 0 Å². The van der Waals surface area contributed by atoms with Gasteiger partial charge in [-0.1, -0.05) is 28.9 Å². The summed E-state index contributed by atoms with van der Waals surface area (Å²) in [6.07, 6.45) is 3.01. The highest BCUT2D eigenvalue weighted by Crippen LogP contribution is 2.34. The third kappa shape index (κ3) is 3.69. The Morgan fingerprint density at radius 3 is 2.84 bits per heavy atom. The molecule has 5 rings (SSSR count). The molecule has 1 amide bonds. The normalized spacial score (nSPS) is 16.1. The van der Waals surface area contributed by atoms with Crippen molar-refractivity contribution >= 4 is 46.4 Å². The molecule has 1 unspecified atom stereocenters. The Hall–Kier alpha value is -4.12. The van der Waals surface area contributed by atoms with Crippen LogP contribution >= 0.6 is 11.6 Å². The van der Waals surface area contributed by atoms with E-state index in [1.807, 2.05) is 24.3 Å². The van der Waals surface area contributed by atoms with Crippen LogP contribution in [0.2, 0.25) is 5.02 Å².